The minimum Gasteiger partial charge on any atom is -0.364 e. The number of hydrogen-bond donors (Lipinski definition) is 2. The summed E-state index contributed by atoms with van der Waals surface area (Å²) in [5.74, 6) is -0.793. The molecule has 2 aliphatic heterocycles. The minimum atomic E-state index is -0.294. The number of rotatable bonds is 10. The van der Waals surface area contributed by atoms with Crippen molar-refractivity contribution in [3.8, 4) is 0 Å². The van der Waals surface area contributed by atoms with Gasteiger partial charge in [-0.3, -0.25) is 19.4 Å². The van der Waals surface area contributed by atoms with Crippen LogP contribution in [0.1, 0.15) is 52.5 Å². The van der Waals surface area contributed by atoms with E-state index in [0.29, 0.717) is 46.2 Å². The molecular weight excluding hydrogens is 557 g/mol. The van der Waals surface area contributed by atoms with Crippen molar-refractivity contribution in [2.75, 3.05) is 36.4 Å². The van der Waals surface area contributed by atoms with Crippen molar-refractivity contribution < 1.29 is 18.8 Å². The molecule has 1 fully saturated rings. The van der Waals surface area contributed by atoms with Gasteiger partial charge in [0.05, 0.1) is 5.57 Å². The topological polar surface area (TPSA) is 94.1 Å². The van der Waals surface area contributed by atoms with E-state index in [1.54, 1.807) is 26.0 Å². The highest BCUT2D eigenvalue weighted by atomic mass is 35.5. The largest absolute Gasteiger partial charge is 0.364 e. The number of hydrogen-bond acceptors (Lipinski definition) is 6. The number of likely N-dealkylation sites (tertiary alicyclic amines) is 1. The smallest absolute Gasteiger partial charge is 0.253 e. The summed E-state index contributed by atoms with van der Waals surface area (Å²) in [5, 5.41) is 6.25. The predicted molar refractivity (Wildman–Crippen MR) is 166 cm³/mol. The molecule has 0 spiro atoms. The molecule has 1 atom stereocenters. The zero-order valence-corrected chi connectivity index (χ0v) is 25.4. The number of Topliss-reactive ketones (excluding diaryl/α,β-unsaturated/α-hetero) is 1. The van der Waals surface area contributed by atoms with Crippen LogP contribution in [0.4, 0.5) is 15.8 Å². The Hall–Kier alpha value is -3.56. The van der Waals surface area contributed by atoms with Gasteiger partial charge in [-0.1, -0.05) is 11.6 Å². The molecule has 2 aromatic carbocycles. The average Bonchev–Trinajstić information content (AvgIpc) is 2.96. The van der Waals surface area contributed by atoms with E-state index in [9.17, 15) is 18.8 Å². The first-order valence-electron chi connectivity index (χ1n) is 14.4. The molecule has 42 heavy (non-hydrogen) atoms. The van der Waals surface area contributed by atoms with Gasteiger partial charge in [0.1, 0.15) is 12.4 Å². The number of ketones is 1. The van der Waals surface area contributed by atoms with Gasteiger partial charge in [0, 0.05) is 78.4 Å². The standard InChI is InChI=1S/C32H39ClFN5O3/c1-20(11-14-35-32(42)31-21(2)30(41)18-36-22(31)3)38-15-12-28(13-16-38)39(19-24-17-25(33)5-10-29(24)34)27-8-6-26(7-9-27)37-23(4)40/h5-10,17,20,28H,11-16,18-19H2,1-4H3,(H,35,42)(H,37,40). The molecule has 0 saturated carbocycles. The zero-order valence-electron chi connectivity index (χ0n) is 24.7. The molecule has 0 aliphatic carbocycles. The van der Waals surface area contributed by atoms with Crippen molar-refractivity contribution in [3.05, 3.63) is 70.0 Å². The first-order valence-corrected chi connectivity index (χ1v) is 14.8. The van der Waals surface area contributed by atoms with Crippen LogP contribution in [0.3, 0.4) is 0 Å². The van der Waals surface area contributed by atoms with E-state index in [1.807, 2.05) is 24.3 Å². The van der Waals surface area contributed by atoms with E-state index in [-0.39, 0.29) is 42.0 Å². The van der Waals surface area contributed by atoms with Crippen LogP contribution in [0.15, 0.2) is 58.6 Å². The second-order valence-electron chi connectivity index (χ2n) is 11.1. The summed E-state index contributed by atoms with van der Waals surface area (Å²) in [6.45, 7) is 9.78. The zero-order chi connectivity index (χ0) is 30.4. The van der Waals surface area contributed by atoms with Crippen LogP contribution in [0.5, 0.6) is 0 Å². The molecule has 2 aromatic rings. The number of carbonyl (C=O) groups excluding carboxylic acids is 3. The second-order valence-corrected chi connectivity index (χ2v) is 11.5. The fourth-order valence-electron chi connectivity index (χ4n) is 5.66. The maximum Gasteiger partial charge on any atom is 0.253 e. The van der Waals surface area contributed by atoms with E-state index in [0.717, 1.165) is 38.0 Å². The van der Waals surface area contributed by atoms with Crippen LogP contribution in [0, 0.1) is 5.82 Å². The van der Waals surface area contributed by atoms with Gasteiger partial charge in [-0.25, -0.2) is 4.39 Å². The highest BCUT2D eigenvalue weighted by Crippen LogP contribution is 2.29. The highest BCUT2D eigenvalue weighted by Gasteiger charge is 2.28. The molecule has 2 amide bonds. The molecule has 224 valence electrons. The molecular formula is C32H39ClFN5O3. The second kappa shape index (κ2) is 14.1. The van der Waals surface area contributed by atoms with Gasteiger partial charge in [0.2, 0.25) is 5.91 Å². The summed E-state index contributed by atoms with van der Waals surface area (Å²) in [5.41, 5.74) is 3.65. The Labute approximate surface area is 252 Å². The van der Waals surface area contributed by atoms with E-state index < -0.39 is 0 Å². The Balaban J connectivity index is 1.37. The van der Waals surface area contributed by atoms with Crippen LogP contribution in [-0.2, 0) is 20.9 Å². The van der Waals surface area contributed by atoms with E-state index >= 15 is 0 Å². The quantitative estimate of drug-likeness (QED) is 0.396. The summed E-state index contributed by atoms with van der Waals surface area (Å²) in [6.07, 6.45) is 2.54. The maximum absolute atomic E-state index is 14.7. The molecule has 2 heterocycles. The Morgan fingerprint density at radius 3 is 2.50 bits per heavy atom. The number of piperidine rings is 1. The highest BCUT2D eigenvalue weighted by molar-refractivity contribution is 6.30. The maximum atomic E-state index is 14.7. The van der Waals surface area contributed by atoms with Crippen molar-refractivity contribution in [3.63, 3.8) is 0 Å². The van der Waals surface area contributed by atoms with Crippen LogP contribution >= 0.6 is 11.6 Å². The third-order valence-electron chi connectivity index (χ3n) is 8.12. The molecule has 2 N–H and O–H groups in total. The third-order valence-corrected chi connectivity index (χ3v) is 8.36. The van der Waals surface area contributed by atoms with Crippen LogP contribution in [0.25, 0.3) is 0 Å². The van der Waals surface area contributed by atoms with Crippen molar-refractivity contribution in [2.45, 2.75) is 65.6 Å². The van der Waals surface area contributed by atoms with Gasteiger partial charge in [-0.15, -0.1) is 0 Å². The fraction of sp³-hybridized carbons (Fsp3) is 0.438. The molecule has 4 rings (SSSR count). The Bertz CT molecular complexity index is 1380. The number of halogens is 2. The number of nitrogens with zero attached hydrogens (tertiary/aromatic N) is 3. The average molecular weight is 596 g/mol. The molecule has 10 heteroatoms. The van der Waals surface area contributed by atoms with Crippen LogP contribution < -0.4 is 15.5 Å². The third kappa shape index (κ3) is 7.83. The van der Waals surface area contributed by atoms with Gasteiger partial charge in [0.15, 0.2) is 5.78 Å². The number of nitrogens with one attached hydrogen (secondary N) is 2. The minimum absolute atomic E-state index is 0.106. The first kappa shape index (κ1) is 31.4. The van der Waals surface area contributed by atoms with Gasteiger partial charge in [-0.05, 0) is 82.5 Å². The number of dihydropyridines is 1. The van der Waals surface area contributed by atoms with Crippen molar-refractivity contribution in [1.29, 1.82) is 0 Å². The van der Waals surface area contributed by atoms with Crippen LogP contribution in [-0.4, -0.2) is 66.5 Å². The lowest BCUT2D eigenvalue weighted by atomic mass is 9.98. The monoisotopic (exact) mass is 595 g/mol. The molecule has 1 unspecified atom stereocenters. The molecule has 0 radical (unpaired) electrons. The Morgan fingerprint density at radius 2 is 1.83 bits per heavy atom. The number of aliphatic imine (C=N–C) groups is 1. The van der Waals surface area contributed by atoms with Gasteiger partial charge in [-0.2, -0.15) is 0 Å². The van der Waals surface area contributed by atoms with Gasteiger partial charge in [0.25, 0.3) is 5.91 Å². The molecule has 8 nitrogen and oxygen atoms in total. The van der Waals surface area contributed by atoms with Gasteiger partial charge >= 0.3 is 0 Å². The summed E-state index contributed by atoms with van der Waals surface area (Å²) in [7, 11) is 0. The van der Waals surface area contributed by atoms with Crippen molar-refractivity contribution in [1.82, 2.24) is 10.2 Å². The van der Waals surface area contributed by atoms with Crippen molar-refractivity contribution in [2.24, 2.45) is 4.99 Å². The lowest BCUT2D eigenvalue weighted by Crippen LogP contribution is -2.48. The Kier molecular flexibility index (Phi) is 10.5. The van der Waals surface area contributed by atoms with Crippen molar-refractivity contribution >= 4 is 46.3 Å². The summed E-state index contributed by atoms with van der Waals surface area (Å²) >= 11 is 6.20. The van der Waals surface area contributed by atoms with Gasteiger partial charge < -0.3 is 20.4 Å². The van der Waals surface area contributed by atoms with Crippen LogP contribution in [0.2, 0.25) is 5.02 Å². The van der Waals surface area contributed by atoms with E-state index in [2.05, 4.69) is 32.3 Å². The Morgan fingerprint density at radius 1 is 1.14 bits per heavy atom. The number of amides is 2. The fourth-order valence-corrected chi connectivity index (χ4v) is 5.85. The number of anilines is 2. The predicted octanol–water partition coefficient (Wildman–Crippen LogP) is 5.16. The SMILES string of the molecule is CC(=O)Nc1ccc(N(Cc2cc(Cl)ccc2F)C2CCN(C(C)CCNC(=O)C3=C(C)C(=O)CN=C3C)CC2)cc1. The first-order chi connectivity index (χ1) is 20.0. The van der Waals surface area contributed by atoms with E-state index in [4.69, 9.17) is 11.6 Å². The molecule has 0 bridgehead atoms. The number of benzene rings is 2. The summed E-state index contributed by atoms with van der Waals surface area (Å²) < 4.78 is 14.7. The summed E-state index contributed by atoms with van der Waals surface area (Å²) in [6, 6.07) is 12.7. The lowest BCUT2D eigenvalue weighted by molar-refractivity contribution is -0.118. The number of carbonyl (C=O) groups is 3. The molecule has 2 aliphatic rings. The molecule has 0 aromatic heterocycles. The summed E-state index contributed by atoms with van der Waals surface area (Å²) in [4.78, 5) is 45.0. The lowest BCUT2D eigenvalue weighted by Gasteiger charge is -2.42. The normalized spacial score (nSPS) is 17.1. The molecule has 1 saturated heterocycles. The van der Waals surface area contributed by atoms with E-state index in [1.165, 1.54) is 13.0 Å².